The average molecular weight is 556 g/mol. The number of methoxy groups -OCH3 is 1. The normalized spacial score (nSPS) is 15.2. The van der Waals surface area contributed by atoms with Gasteiger partial charge in [-0.15, -0.1) is 24.0 Å². The van der Waals surface area contributed by atoms with Gasteiger partial charge in [0, 0.05) is 53.9 Å². The van der Waals surface area contributed by atoms with E-state index in [4.69, 9.17) is 9.47 Å². The SMILES string of the molecule is CCN(CC1CCN(C(=NCC(=O)N(C)C)NCCOC)CC1)C(=O)OC(C)(C)C.I. The molecule has 0 saturated carbocycles. The molecule has 0 radical (unpaired) electrons. The average Bonchev–Trinajstić information content (AvgIpc) is 2.67. The number of likely N-dealkylation sites (tertiary alicyclic amines) is 1. The number of rotatable bonds is 8. The molecule has 1 N–H and O–H groups in total. The Bertz CT molecular complexity index is 573. The van der Waals surface area contributed by atoms with Crippen LogP contribution in [0, 0.1) is 5.92 Å². The second-order valence-electron chi connectivity index (χ2n) is 8.80. The van der Waals surface area contributed by atoms with E-state index in [2.05, 4.69) is 15.2 Å². The van der Waals surface area contributed by atoms with Crippen LogP contribution in [0.5, 0.6) is 0 Å². The largest absolute Gasteiger partial charge is 0.444 e. The molecule has 10 heteroatoms. The third-order valence-corrected chi connectivity index (χ3v) is 4.88. The Labute approximate surface area is 204 Å². The summed E-state index contributed by atoms with van der Waals surface area (Å²) in [6.45, 7) is 11.9. The number of hydrogen-bond donors (Lipinski definition) is 1. The van der Waals surface area contributed by atoms with Gasteiger partial charge in [0.25, 0.3) is 0 Å². The minimum atomic E-state index is -0.489. The number of ether oxygens (including phenoxy) is 2. The molecule has 1 aliphatic rings. The maximum absolute atomic E-state index is 12.4. The summed E-state index contributed by atoms with van der Waals surface area (Å²) in [6.07, 6.45) is 1.65. The van der Waals surface area contributed by atoms with Crippen LogP contribution in [-0.4, -0.2) is 105 Å². The summed E-state index contributed by atoms with van der Waals surface area (Å²) in [5.41, 5.74) is -0.489. The van der Waals surface area contributed by atoms with E-state index in [0.717, 1.165) is 31.9 Å². The van der Waals surface area contributed by atoms with E-state index in [1.54, 1.807) is 31.0 Å². The van der Waals surface area contributed by atoms with Crippen molar-refractivity contribution < 1.29 is 19.1 Å². The molecule has 1 fully saturated rings. The first-order valence-electron chi connectivity index (χ1n) is 10.8. The molecule has 0 aromatic heterocycles. The van der Waals surface area contributed by atoms with Crippen LogP contribution >= 0.6 is 24.0 Å². The molecule has 0 unspecified atom stereocenters. The fourth-order valence-electron chi connectivity index (χ4n) is 3.11. The van der Waals surface area contributed by atoms with E-state index in [1.807, 2.05) is 27.7 Å². The van der Waals surface area contributed by atoms with Gasteiger partial charge in [-0.05, 0) is 46.5 Å². The number of carbonyl (C=O) groups excluding carboxylic acids is 2. The lowest BCUT2D eigenvalue weighted by Gasteiger charge is -2.36. The summed E-state index contributed by atoms with van der Waals surface area (Å²) in [4.78, 5) is 34.3. The first kappa shape index (κ1) is 29.7. The lowest BCUT2D eigenvalue weighted by Crippen LogP contribution is -2.48. The van der Waals surface area contributed by atoms with Crippen molar-refractivity contribution in [1.29, 1.82) is 0 Å². The molecule has 1 aliphatic heterocycles. The third-order valence-electron chi connectivity index (χ3n) is 4.88. The van der Waals surface area contributed by atoms with Gasteiger partial charge in [0.05, 0.1) is 6.61 Å². The highest BCUT2D eigenvalue weighted by Gasteiger charge is 2.27. The van der Waals surface area contributed by atoms with E-state index in [-0.39, 0.29) is 42.5 Å². The van der Waals surface area contributed by atoms with Crippen molar-refractivity contribution in [2.24, 2.45) is 10.9 Å². The molecule has 0 aromatic rings. The fraction of sp³-hybridized carbons (Fsp3) is 0.857. The zero-order chi connectivity index (χ0) is 22.7. The van der Waals surface area contributed by atoms with E-state index in [9.17, 15) is 9.59 Å². The second kappa shape index (κ2) is 14.7. The molecule has 0 bridgehead atoms. The highest BCUT2D eigenvalue weighted by Crippen LogP contribution is 2.20. The first-order chi connectivity index (χ1) is 14.1. The predicted molar refractivity (Wildman–Crippen MR) is 134 cm³/mol. The molecule has 31 heavy (non-hydrogen) atoms. The van der Waals surface area contributed by atoms with Crippen LogP contribution < -0.4 is 5.32 Å². The minimum absolute atomic E-state index is 0. The van der Waals surface area contributed by atoms with Crippen molar-refractivity contribution in [1.82, 2.24) is 20.0 Å². The highest BCUT2D eigenvalue weighted by molar-refractivity contribution is 14.0. The molecule has 1 saturated heterocycles. The molecule has 0 aromatic carbocycles. The summed E-state index contributed by atoms with van der Waals surface area (Å²) >= 11 is 0. The van der Waals surface area contributed by atoms with Crippen LogP contribution in [0.15, 0.2) is 4.99 Å². The molecular formula is C21H42IN5O4. The van der Waals surface area contributed by atoms with Crippen molar-refractivity contribution in [3.8, 4) is 0 Å². The maximum atomic E-state index is 12.4. The van der Waals surface area contributed by atoms with Crippen LogP contribution in [0.4, 0.5) is 4.79 Å². The van der Waals surface area contributed by atoms with Crippen LogP contribution in [0.2, 0.25) is 0 Å². The molecule has 0 spiro atoms. The number of aliphatic imine (C=N–C) groups is 1. The number of piperidine rings is 1. The third kappa shape index (κ3) is 11.8. The lowest BCUT2D eigenvalue weighted by atomic mass is 9.96. The number of amides is 2. The van der Waals surface area contributed by atoms with E-state index >= 15 is 0 Å². The number of hydrogen-bond acceptors (Lipinski definition) is 5. The van der Waals surface area contributed by atoms with Crippen molar-refractivity contribution in [2.45, 2.75) is 46.1 Å². The Morgan fingerprint density at radius 1 is 1.19 bits per heavy atom. The fourth-order valence-corrected chi connectivity index (χ4v) is 3.11. The molecule has 9 nitrogen and oxygen atoms in total. The smallest absolute Gasteiger partial charge is 0.410 e. The number of guanidine groups is 1. The van der Waals surface area contributed by atoms with Crippen molar-refractivity contribution >= 4 is 41.9 Å². The number of nitrogens with one attached hydrogen (secondary N) is 1. The summed E-state index contributed by atoms with van der Waals surface area (Å²) < 4.78 is 10.6. The number of nitrogens with zero attached hydrogens (tertiary/aromatic N) is 4. The van der Waals surface area contributed by atoms with Gasteiger partial charge in [0.2, 0.25) is 5.91 Å². The van der Waals surface area contributed by atoms with E-state index < -0.39 is 5.60 Å². The molecule has 0 aliphatic carbocycles. The summed E-state index contributed by atoms with van der Waals surface area (Å²) in [7, 11) is 5.11. The monoisotopic (exact) mass is 555 g/mol. The van der Waals surface area contributed by atoms with Gasteiger partial charge in [0.1, 0.15) is 12.1 Å². The Hall–Kier alpha value is -1.30. The molecule has 182 valence electrons. The van der Waals surface area contributed by atoms with Crippen molar-refractivity contribution in [3.63, 3.8) is 0 Å². The van der Waals surface area contributed by atoms with Gasteiger partial charge >= 0.3 is 6.09 Å². The van der Waals surface area contributed by atoms with Crippen LogP contribution in [0.3, 0.4) is 0 Å². The molecular weight excluding hydrogens is 513 g/mol. The molecule has 2 amide bonds. The number of halogens is 1. The molecule has 0 atom stereocenters. The van der Waals surface area contributed by atoms with Crippen LogP contribution in [0.25, 0.3) is 0 Å². The van der Waals surface area contributed by atoms with Gasteiger partial charge in [0.15, 0.2) is 5.96 Å². The van der Waals surface area contributed by atoms with Gasteiger partial charge in [-0.25, -0.2) is 9.79 Å². The summed E-state index contributed by atoms with van der Waals surface area (Å²) in [6, 6.07) is 0. The maximum Gasteiger partial charge on any atom is 0.410 e. The van der Waals surface area contributed by atoms with Crippen molar-refractivity contribution in [3.05, 3.63) is 0 Å². The standard InChI is InChI=1S/C21H41N5O4.HI/c1-8-25(20(28)30-21(2,3)4)16-17-9-12-26(13-10-17)19(22-11-14-29-7)23-15-18(27)24(5)6;/h17H,8-16H2,1-7H3,(H,22,23);1H. The van der Waals surface area contributed by atoms with E-state index in [1.165, 1.54) is 0 Å². The topological polar surface area (TPSA) is 86.7 Å². The van der Waals surface area contributed by atoms with Gasteiger partial charge in [-0.1, -0.05) is 0 Å². The Morgan fingerprint density at radius 2 is 1.81 bits per heavy atom. The van der Waals surface area contributed by atoms with Crippen LogP contribution in [0.1, 0.15) is 40.5 Å². The number of likely N-dealkylation sites (N-methyl/N-ethyl adjacent to an activating group) is 1. The quantitative estimate of drug-likeness (QED) is 0.214. The minimum Gasteiger partial charge on any atom is -0.444 e. The zero-order valence-corrected chi connectivity index (χ0v) is 22.6. The van der Waals surface area contributed by atoms with Gasteiger partial charge < -0.3 is 29.5 Å². The van der Waals surface area contributed by atoms with Gasteiger partial charge in [-0.2, -0.15) is 0 Å². The van der Waals surface area contributed by atoms with Crippen molar-refractivity contribution in [2.75, 3.05) is 67.1 Å². The van der Waals surface area contributed by atoms with Crippen LogP contribution in [-0.2, 0) is 14.3 Å². The summed E-state index contributed by atoms with van der Waals surface area (Å²) in [5, 5.41) is 3.29. The predicted octanol–water partition coefficient (Wildman–Crippen LogP) is 2.25. The zero-order valence-electron chi connectivity index (χ0n) is 20.3. The Balaban J connectivity index is 0.00000900. The van der Waals surface area contributed by atoms with Gasteiger partial charge in [-0.3, -0.25) is 4.79 Å². The molecule has 1 heterocycles. The first-order valence-corrected chi connectivity index (χ1v) is 10.8. The highest BCUT2D eigenvalue weighted by atomic mass is 127. The summed E-state index contributed by atoms with van der Waals surface area (Å²) in [5.74, 6) is 1.12. The Kier molecular flexibility index (Phi) is 14.1. The molecule has 1 rings (SSSR count). The Morgan fingerprint density at radius 3 is 2.29 bits per heavy atom. The van der Waals surface area contributed by atoms with E-state index in [0.29, 0.717) is 32.2 Å². The lowest BCUT2D eigenvalue weighted by molar-refractivity contribution is -0.127. The number of carbonyl (C=O) groups is 2. The second-order valence-corrected chi connectivity index (χ2v) is 8.80.